The Morgan fingerprint density at radius 1 is 1.42 bits per heavy atom. The summed E-state index contributed by atoms with van der Waals surface area (Å²) < 4.78 is 7.24. The Morgan fingerprint density at radius 3 is 2.84 bits per heavy atom. The molecular weight excluding hydrogens is 242 g/mol. The largest absolute Gasteiger partial charge is 0.478 e. The average molecular weight is 261 g/mol. The summed E-state index contributed by atoms with van der Waals surface area (Å²) in [6.07, 6.45) is 3.58. The van der Waals surface area contributed by atoms with Crippen molar-refractivity contribution >= 4 is 5.95 Å². The summed E-state index contributed by atoms with van der Waals surface area (Å²) in [5, 5.41) is 4.23. The van der Waals surface area contributed by atoms with Gasteiger partial charge >= 0.3 is 0 Å². The number of nitrogens with zero attached hydrogens (tertiary/aromatic N) is 5. The molecule has 0 aliphatic rings. The minimum atomic E-state index is 0.599. The predicted molar refractivity (Wildman–Crippen MR) is 73.3 cm³/mol. The van der Waals surface area contributed by atoms with Gasteiger partial charge in [-0.25, -0.2) is 4.98 Å². The molecule has 0 amide bonds. The molecule has 0 atom stereocenters. The lowest BCUT2D eigenvalue weighted by Crippen LogP contribution is -2.19. The molecule has 0 fully saturated rings. The maximum Gasteiger partial charge on any atom is 0.228 e. The zero-order valence-corrected chi connectivity index (χ0v) is 11.8. The molecule has 6 nitrogen and oxygen atoms in total. The van der Waals surface area contributed by atoms with Crippen LogP contribution in [0.3, 0.4) is 0 Å². The maximum atomic E-state index is 5.38. The normalized spacial score (nSPS) is 10.5. The first kappa shape index (κ1) is 13.3. The lowest BCUT2D eigenvalue weighted by atomic mass is 10.2. The highest BCUT2D eigenvalue weighted by Crippen LogP contribution is 2.15. The van der Waals surface area contributed by atoms with Crippen LogP contribution in [0.5, 0.6) is 5.88 Å². The van der Waals surface area contributed by atoms with Crippen molar-refractivity contribution < 1.29 is 4.74 Å². The van der Waals surface area contributed by atoms with Crippen molar-refractivity contribution in [2.24, 2.45) is 7.05 Å². The summed E-state index contributed by atoms with van der Waals surface area (Å²) in [6.45, 7) is 5.30. The third-order valence-electron chi connectivity index (χ3n) is 3.00. The Bertz CT molecular complexity index is 552. The summed E-state index contributed by atoms with van der Waals surface area (Å²) in [7, 11) is 3.89. The number of hydrogen-bond donors (Lipinski definition) is 0. The van der Waals surface area contributed by atoms with Gasteiger partial charge in [0.25, 0.3) is 0 Å². The van der Waals surface area contributed by atoms with Crippen LogP contribution >= 0.6 is 0 Å². The molecule has 0 spiro atoms. The molecule has 0 saturated heterocycles. The van der Waals surface area contributed by atoms with Crippen molar-refractivity contribution in [2.75, 3.05) is 18.6 Å². The number of anilines is 1. The molecule has 0 N–H and O–H groups in total. The molecule has 0 aliphatic heterocycles. The van der Waals surface area contributed by atoms with Crippen LogP contribution in [0.15, 0.2) is 18.5 Å². The molecule has 0 bridgehead atoms. The lowest BCUT2D eigenvalue weighted by Gasteiger charge is -2.17. The van der Waals surface area contributed by atoms with E-state index in [0.29, 0.717) is 18.4 Å². The zero-order chi connectivity index (χ0) is 13.8. The van der Waals surface area contributed by atoms with E-state index in [1.54, 1.807) is 12.3 Å². The highest BCUT2D eigenvalue weighted by molar-refractivity contribution is 5.33. The van der Waals surface area contributed by atoms with Crippen LogP contribution < -0.4 is 9.64 Å². The van der Waals surface area contributed by atoms with Crippen LogP contribution in [0.4, 0.5) is 5.95 Å². The summed E-state index contributed by atoms with van der Waals surface area (Å²) in [4.78, 5) is 10.6. The van der Waals surface area contributed by atoms with Crippen molar-refractivity contribution in [1.82, 2.24) is 19.7 Å². The van der Waals surface area contributed by atoms with Crippen LogP contribution in [0, 0.1) is 6.92 Å². The highest BCUT2D eigenvalue weighted by atomic mass is 16.5. The van der Waals surface area contributed by atoms with E-state index >= 15 is 0 Å². The average Bonchev–Trinajstić information content (AvgIpc) is 2.71. The molecule has 2 aromatic heterocycles. The second-order valence-electron chi connectivity index (χ2n) is 4.36. The topological polar surface area (TPSA) is 56.1 Å². The fraction of sp³-hybridized carbons (Fsp3) is 0.462. The monoisotopic (exact) mass is 261 g/mol. The van der Waals surface area contributed by atoms with Gasteiger partial charge in [-0.3, -0.25) is 4.68 Å². The Labute approximate surface area is 113 Å². The third kappa shape index (κ3) is 3.01. The molecule has 6 heteroatoms. The van der Waals surface area contributed by atoms with E-state index in [2.05, 4.69) is 15.1 Å². The third-order valence-corrected chi connectivity index (χ3v) is 3.00. The molecule has 0 saturated carbocycles. The van der Waals surface area contributed by atoms with Gasteiger partial charge in [0.15, 0.2) is 0 Å². The van der Waals surface area contributed by atoms with Crippen molar-refractivity contribution in [2.45, 2.75) is 20.4 Å². The molecule has 2 rings (SSSR count). The molecule has 0 aliphatic carbocycles. The minimum absolute atomic E-state index is 0.599. The van der Waals surface area contributed by atoms with Crippen LogP contribution in [0.2, 0.25) is 0 Å². The number of aryl methyl sites for hydroxylation is 1. The first-order valence-corrected chi connectivity index (χ1v) is 6.26. The Balaban J connectivity index is 2.13. The number of ether oxygens (including phenoxy) is 1. The van der Waals surface area contributed by atoms with Gasteiger partial charge in [-0.05, 0) is 13.8 Å². The van der Waals surface area contributed by atoms with Crippen molar-refractivity contribution in [3.8, 4) is 5.88 Å². The Morgan fingerprint density at radius 2 is 2.21 bits per heavy atom. The van der Waals surface area contributed by atoms with E-state index in [-0.39, 0.29) is 0 Å². The Hall–Kier alpha value is -2.11. The molecule has 0 unspecified atom stereocenters. The van der Waals surface area contributed by atoms with Gasteiger partial charge in [0.1, 0.15) is 0 Å². The van der Waals surface area contributed by atoms with Crippen LogP contribution in [-0.4, -0.2) is 33.4 Å². The van der Waals surface area contributed by atoms with Crippen molar-refractivity contribution in [3.63, 3.8) is 0 Å². The maximum absolute atomic E-state index is 5.38. The number of rotatable bonds is 5. The first-order valence-electron chi connectivity index (χ1n) is 6.26. The molecule has 19 heavy (non-hydrogen) atoms. The van der Waals surface area contributed by atoms with Crippen LogP contribution in [-0.2, 0) is 13.6 Å². The van der Waals surface area contributed by atoms with E-state index in [9.17, 15) is 0 Å². The lowest BCUT2D eigenvalue weighted by molar-refractivity contribution is 0.326. The first-order chi connectivity index (χ1) is 9.11. The molecule has 0 aromatic carbocycles. The van der Waals surface area contributed by atoms with E-state index in [4.69, 9.17) is 4.74 Å². The van der Waals surface area contributed by atoms with E-state index < -0.39 is 0 Å². The van der Waals surface area contributed by atoms with Gasteiger partial charge in [0.05, 0.1) is 12.8 Å². The SMILES string of the molecule is CCOc1ccnc(N(C)Cc2cnn(C)c2C)n1. The van der Waals surface area contributed by atoms with Gasteiger partial charge in [-0.1, -0.05) is 0 Å². The summed E-state index contributed by atoms with van der Waals surface area (Å²) in [6, 6.07) is 1.76. The minimum Gasteiger partial charge on any atom is -0.478 e. The van der Waals surface area contributed by atoms with Crippen LogP contribution in [0.25, 0.3) is 0 Å². The molecule has 2 aromatic rings. The highest BCUT2D eigenvalue weighted by Gasteiger charge is 2.10. The smallest absolute Gasteiger partial charge is 0.228 e. The zero-order valence-electron chi connectivity index (χ0n) is 11.8. The van der Waals surface area contributed by atoms with Crippen LogP contribution in [0.1, 0.15) is 18.2 Å². The second kappa shape index (κ2) is 5.69. The summed E-state index contributed by atoms with van der Waals surface area (Å²) >= 11 is 0. The number of hydrogen-bond acceptors (Lipinski definition) is 5. The standard InChI is InChI=1S/C13H19N5O/c1-5-19-12-6-7-14-13(16-12)17(3)9-11-8-15-18(4)10(11)2/h6-8H,5,9H2,1-4H3. The predicted octanol–water partition coefficient (Wildman–Crippen LogP) is 1.55. The second-order valence-corrected chi connectivity index (χ2v) is 4.36. The fourth-order valence-electron chi connectivity index (χ4n) is 1.77. The number of aromatic nitrogens is 4. The van der Waals surface area contributed by atoms with E-state index in [1.165, 1.54) is 0 Å². The summed E-state index contributed by atoms with van der Waals surface area (Å²) in [5.74, 6) is 1.25. The van der Waals surface area contributed by atoms with E-state index in [1.807, 2.05) is 43.7 Å². The molecule has 102 valence electrons. The molecule has 0 radical (unpaired) electrons. The van der Waals surface area contributed by atoms with Gasteiger partial charge < -0.3 is 9.64 Å². The van der Waals surface area contributed by atoms with Gasteiger partial charge in [0, 0.05) is 44.2 Å². The fourth-order valence-corrected chi connectivity index (χ4v) is 1.77. The van der Waals surface area contributed by atoms with E-state index in [0.717, 1.165) is 17.8 Å². The van der Waals surface area contributed by atoms with Gasteiger partial charge in [-0.2, -0.15) is 10.1 Å². The van der Waals surface area contributed by atoms with Crippen molar-refractivity contribution in [1.29, 1.82) is 0 Å². The molecule has 2 heterocycles. The quantitative estimate of drug-likeness (QED) is 0.817. The Kier molecular flexibility index (Phi) is 3.99. The van der Waals surface area contributed by atoms with Crippen molar-refractivity contribution in [3.05, 3.63) is 29.7 Å². The van der Waals surface area contributed by atoms with Gasteiger partial charge in [0.2, 0.25) is 11.8 Å². The summed E-state index contributed by atoms with van der Waals surface area (Å²) in [5.41, 5.74) is 2.31. The van der Waals surface area contributed by atoms with Gasteiger partial charge in [-0.15, -0.1) is 0 Å². The molecular formula is C13H19N5O.